The van der Waals surface area contributed by atoms with Gasteiger partial charge >= 0.3 is 0 Å². The van der Waals surface area contributed by atoms with Crippen LogP contribution in [0.1, 0.15) is 5.56 Å². The van der Waals surface area contributed by atoms with Gasteiger partial charge in [-0.25, -0.2) is 9.97 Å². The Labute approximate surface area is 179 Å². The number of anilines is 2. The van der Waals surface area contributed by atoms with Crippen molar-refractivity contribution < 1.29 is 0 Å². The van der Waals surface area contributed by atoms with Crippen LogP contribution in [0.25, 0.3) is 27.8 Å². The Kier molecular flexibility index (Phi) is 4.69. The van der Waals surface area contributed by atoms with Crippen molar-refractivity contribution in [1.29, 1.82) is 0 Å². The summed E-state index contributed by atoms with van der Waals surface area (Å²) in [7, 11) is 0. The zero-order valence-corrected chi connectivity index (χ0v) is 17.1. The molecule has 0 amide bonds. The van der Waals surface area contributed by atoms with E-state index in [4.69, 9.17) is 11.6 Å². The molecule has 1 N–H and O–H groups in total. The Balaban J connectivity index is 1.77. The van der Waals surface area contributed by atoms with E-state index in [1.165, 1.54) is 0 Å². The molecule has 0 saturated carbocycles. The second-order valence-corrected chi connectivity index (χ2v) is 7.56. The molecule has 0 aliphatic rings. The lowest BCUT2D eigenvalue weighted by atomic mass is 10.1. The lowest BCUT2D eigenvalue weighted by Gasteiger charge is -2.11. The molecule has 5 heteroatoms. The lowest BCUT2D eigenvalue weighted by molar-refractivity contribution is 1.08. The van der Waals surface area contributed by atoms with Crippen molar-refractivity contribution in [2.24, 2.45) is 0 Å². The molecule has 0 unspecified atom stereocenters. The van der Waals surface area contributed by atoms with Crippen LogP contribution in [0.3, 0.4) is 0 Å². The summed E-state index contributed by atoms with van der Waals surface area (Å²) >= 11 is 6.27. The van der Waals surface area contributed by atoms with Crippen molar-refractivity contribution in [3.63, 3.8) is 0 Å². The number of para-hydroxylation sites is 1. The van der Waals surface area contributed by atoms with Crippen LogP contribution >= 0.6 is 11.6 Å². The van der Waals surface area contributed by atoms with Crippen LogP contribution in [0.15, 0.2) is 91.4 Å². The molecule has 30 heavy (non-hydrogen) atoms. The molecule has 4 nitrogen and oxygen atoms in total. The first kappa shape index (κ1) is 18.4. The van der Waals surface area contributed by atoms with Gasteiger partial charge in [-0.05, 0) is 42.3 Å². The van der Waals surface area contributed by atoms with E-state index < -0.39 is 0 Å². The van der Waals surface area contributed by atoms with E-state index in [0.717, 1.165) is 44.9 Å². The average molecular weight is 411 g/mol. The second-order valence-electron chi connectivity index (χ2n) is 7.12. The molecule has 0 aliphatic heterocycles. The molecule has 0 bridgehead atoms. The van der Waals surface area contributed by atoms with E-state index in [2.05, 4.69) is 57.2 Å². The number of hydrogen-bond donors (Lipinski definition) is 1. The topological polar surface area (TPSA) is 42.7 Å². The van der Waals surface area contributed by atoms with Crippen molar-refractivity contribution in [3.8, 4) is 16.8 Å². The van der Waals surface area contributed by atoms with Crippen LogP contribution in [0.4, 0.5) is 11.5 Å². The lowest BCUT2D eigenvalue weighted by Crippen LogP contribution is -1.99. The maximum atomic E-state index is 6.27. The molecule has 0 atom stereocenters. The van der Waals surface area contributed by atoms with Crippen molar-refractivity contribution >= 4 is 34.1 Å². The number of benzene rings is 3. The third-order valence-electron chi connectivity index (χ3n) is 5.15. The number of nitrogens with zero attached hydrogens (tertiary/aromatic N) is 3. The van der Waals surface area contributed by atoms with E-state index in [0.29, 0.717) is 5.02 Å². The monoisotopic (exact) mass is 410 g/mol. The van der Waals surface area contributed by atoms with E-state index >= 15 is 0 Å². The van der Waals surface area contributed by atoms with E-state index in [1.54, 1.807) is 6.33 Å². The summed E-state index contributed by atoms with van der Waals surface area (Å²) in [6.07, 6.45) is 3.70. The number of rotatable bonds is 4. The van der Waals surface area contributed by atoms with Gasteiger partial charge in [-0.15, -0.1) is 0 Å². The molecular weight excluding hydrogens is 392 g/mol. The quantitative estimate of drug-likeness (QED) is 0.354. The minimum atomic E-state index is 0.683. The number of fused-ring (bicyclic) bond motifs is 1. The maximum Gasteiger partial charge on any atom is 0.150 e. The summed E-state index contributed by atoms with van der Waals surface area (Å²) in [6, 6.07) is 26.2. The summed E-state index contributed by atoms with van der Waals surface area (Å²) in [5.74, 6) is 0.772. The van der Waals surface area contributed by atoms with Crippen LogP contribution in [0.5, 0.6) is 0 Å². The number of aryl methyl sites for hydroxylation is 1. The van der Waals surface area contributed by atoms with Crippen LogP contribution in [0, 0.1) is 6.92 Å². The molecule has 146 valence electrons. The van der Waals surface area contributed by atoms with Crippen LogP contribution in [-0.4, -0.2) is 14.5 Å². The van der Waals surface area contributed by atoms with Crippen LogP contribution < -0.4 is 5.32 Å². The Morgan fingerprint density at radius 3 is 2.47 bits per heavy atom. The number of hydrogen-bond acceptors (Lipinski definition) is 3. The summed E-state index contributed by atoms with van der Waals surface area (Å²) in [6.45, 7) is 2.08. The van der Waals surface area contributed by atoms with Gasteiger partial charge in [0.25, 0.3) is 0 Å². The smallest absolute Gasteiger partial charge is 0.150 e. The predicted molar refractivity (Wildman–Crippen MR) is 124 cm³/mol. The number of aromatic nitrogens is 3. The van der Waals surface area contributed by atoms with Gasteiger partial charge in [-0.2, -0.15) is 0 Å². The highest BCUT2D eigenvalue weighted by atomic mass is 35.5. The molecule has 0 saturated heterocycles. The van der Waals surface area contributed by atoms with Gasteiger partial charge in [0, 0.05) is 28.2 Å². The van der Waals surface area contributed by atoms with Gasteiger partial charge in [0.05, 0.1) is 5.39 Å². The van der Waals surface area contributed by atoms with Gasteiger partial charge in [0.1, 0.15) is 12.1 Å². The van der Waals surface area contributed by atoms with E-state index in [9.17, 15) is 0 Å². The van der Waals surface area contributed by atoms with Gasteiger partial charge < -0.3 is 9.88 Å². The Morgan fingerprint density at radius 1 is 0.867 bits per heavy atom. The molecular formula is C25H19ClN4. The van der Waals surface area contributed by atoms with Gasteiger partial charge in [-0.3, -0.25) is 0 Å². The fraction of sp³-hybridized carbons (Fsp3) is 0.0400. The largest absolute Gasteiger partial charge is 0.339 e. The third kappa shape index (κ3) is 3.31. The fourth-order valence-electron chi connectivity index (χ4n) is 3.66. The molecule has 0 spiro atoms. The predicted octanol–water partition coefficient (Wildman–Crippen LogP) is 6.79. The average Bonchev–Trinajstić information content (AvgIpc) is 3.17. The van der Waals surface area contributed by atoms with Crippen molar-refractivity contribution in [2.75, 3.05) is 5.32 Å². The minimum absolute atomic E-state index is 0.683. The highest BCUT2D eigenvalue weighted by Gasteiger charge is 2.18. The zero-order chi connectivity index (χ0) is 20.5. The van der Waals surface area contributed by atoms with Crippen molar-refractivity contribution in [1.82, 2.24) is 14.5 Å². The van der Waals surface area contributed by atoms with Gasteiger partial charge in [-0.1, -0.05) is 66.2 Å². The fourth-order valence-corrected chi connectivity index (χ4v) is 3.84. The van der Waals surface area contributed by atoms with Crippen molar-refractivity contribution in [3.05, 3.63) is 102 Å². The zero-order valence-electron chi connectivity index (χ0n) is 16.4. The Bertz CT molecular complexity index is 1340. The normalized spacial score (nSPS) is 11.0. The molecule has 0 aliphatic carbocycles. The first-order valence-electron chi connectivity index (χ1n) is 9.71. The van der Waals surface area contributed by atoms with Crippen molar-refractivity contribution in [2.45, 2.75) is 6.92 Å². The first-order valence-corrected chi connectivity index (χ1v) is 10.1. The van der Waals surface area contributed by atoms with Crippen LogP contribution in [0.2, 0.25) is 5.02 Å². The summed E-state index contributed by atoms with van der Waals surface area (Å²) in [5.41, 5.74) is 6.11. The Hall–Kier alpha value is -3.63. The summed E-state index contributed by atoms with van der Waals surface area (Å²) < 4.78 is 2.06. The standard InChI is InChI=1S/C25H19ClN4/c1-17-8-5-6-13-22(17)29-24-23-21(18-9-3-2-4-10-18)15-30(25(23)28-16-27-24)20-12-7-11-19(26)14-20/h2-16H,1H3,(H,27,28,29). The third-order valence-corrected chi connectivity index (χ3v) is 5.39. The van der Waals surface area contributed by atoms with E-state index in [1.807, 2.05) is 54.6 Å². The molecule has 5 aromatic rings. The molecule has 0 fully saturated rings. The number of nitrogens with one attached hydrogen (secondary N) is 1. The Morgan fingerprint density at radius 2 is 1.67 bits per heavy atom. The second kappa shape index (κ2) is 7.65. The molecule has 5 rings (SSSR count). The maximum absolute atomic E-state index is 6.27. The minimum Gasteiger partial charge on any atom is -0.339 e. The summed E-state index contributed by atoms with van der Waals surface area (Å²) in [4.78, 5) is 9.22. The van der Waals surface area contributed by atoms with E-state index in [-0.39, 0.29) is 0 Å². The molecule has 2 aromatic heterocycles. The molecule has 3 aromatic carbocycles. The molecule has 0 radical (unpaired) electrons. The highest BCUT2D eigenvalue weighted by Crippen LogP contribution is 2.36. The molecule has 2 heterocycles. The van der Waals surface area contributed by atoms with Crippen LogP contribution in [-0.2, 0) is 0 Å². The van der Waals surface area contributed by atoms with Gasteiger partial charge in [0.2, 0.25) is 0 Å². The van der Waals surface area contributed by atoms with Gasteiger partial charge in [0.15, 0.2) is 5.65 Å². The summed E-state index contributed by atoms with van der Waals surface area (Å²) in [5, 5.41) is 5.16. The SMILES string of the molecule is Cc1ccccc1Nc1ncnc2c1c(-c1ccccc1)cn2-c1cccc(Cl)c1. The highest BCUT2D eigenvalue weighted by molar-refractivity contribution is 6.30. The first-order chi connectivity index (χ1) is 14.7. The number of halogens is 1.